The van der Waals surface area contributed by atoms with Crippen molar-refractivity contribution in [3.8, 4) is 11.5 Å². The molecule has 0 spiro atoms. The largest absolute Gasteiger partial charge is 0.497 e. The van der Waals surface area contributed by atoms with Crippen LogP contribution >= 0.6 is 0 Å². The van der Waals surface area contributed by atoms with Gasteiger partial charge in [-0.1, -0.05) is 104 Å². The number of benzene rings is 4. The second-order valence-corrected chi connectivity index (χ2v) is 9.14. The molecule has 196 valence electrons. The number of aliphatic carboxylic acids is 1. The van der Waals surface area contributed by atoms with Gasteiger partial charge in [-0.2, -0.15) is 0 Å². The molecule has 38 heavy (non-hydrogen) atoms. The first-order chi connectivity index (χ1) is 18.6. The number of carboxylic acid groups (broad SMARTS) is 1. The third-order valence-electron chi connectivity index (χ3n) is 6.86. The molecule has 4 aromatic carbocycles. The van der Waals surface area contributed by atoms with Gasteiger partial charge in [0.2, 0.25) is 0 Å². The number of hydrogen-bond acceptors (Lipinski definition) is 4. The van der Waals surface area contributed by atoms with E-state index < -0.39 is 11.5 Å². The van der Waals surface area contributed by atoms with Crippen LogP contribution in [0, 0.1) is 0 Å². The molecule has 0 atom stereocenters. The standard InChI is InChI=1S/C33H35NO4/c1-3-34(25-26-21-22-30(37-2)24-31(26)38-23-13-20-32(35)36)33(27-14-7-4-8-15-27,28-16-9-5-10-17-28)29-18-11-6-12-19-29/h4-12,14-19,21-22,24H,3,13,20,23,25H2,1-2H3,(H,35,36). The molecule has 0 heterocycles. The molecule has 0 aliphatic carbocycles. The van der Waals surface area contributed by atoms with E-state index >= 15 is 0 Å². The number of nitrogens with zero attached hydrogens (tertiary/aromatic N) is 1. The summed E-state index contributed by atoms with van der Waals surface area (Å²) < 4.78 is 11.6. The monoisotopic (exact) mass is 509 g/mol. The van der Waals surface area contributed by atoms with Crippen LogP contribution in [-0.4, -0.2) is 36.2 Å². The van der Waals surface area contributed by atoms with E-state index in [0.29, 0.717) is 31.1 Å². The van der Waals surface area contributed by atoms with Crippen LogP contribution in [0.2, 0.25) is 0 Å². The molecule has 4 rings (SSSR count). The highest BCUT2D eigenvalue weighted by Gasteiger charge is 2.41. The second kappa shape index (κ2) is 12.9. The van der Waals surface area contributed by atoms with Gasteiger partial charge in [0.25, 0.3) is 0 Å². The van der Waals surface area contributed by atoms with Gasteiger partial charge in [-0.25, -0.2) is 0 Å². The molecule has 0 aliphatic rings. The second-order valence-electron chi connectivity index (χ2n) is 9.14. The minimum atomic E-state index is -0.824. The van der Waals surface area contributed by atoms with Gasteiger partial charge in [-0.3, -0.25) is 9.69 Å². The van der Waals surface area contributed by atoms with Crippen molar-refractivity contribution in [1.82, 2.24) is 4.90 Å². The summed E-state index contributed by atoms with van der Waals surface area (Å²) in [7, 11) is 1.63. The quantitative estimate of drug-likeness (QED) is 0.160. The summed E-state index contributed by atoms with van der Waals surface area (Å²) in [5.74, 6) is 0.580. The fourth-order valence-electron chi connectivity index (χ4n) is 5.09. The van der Waals surface area contributed by atoms with E-state index in [1.165, 1.54) is 16.7 Å². The number of hydrogen-bond donors (Lipinski definition) is 1. The van der Waals surface area contributed by atoms with Crippen LogP contribution in [0.15, 0.2) is 109 Å². The molecule has 0 aliphatic heterocycles. The molecule has 0 fully saturated rings. The van der Waals surface area contributed by atoms with Crippen molar-refractivity contribution in [2.24, 2.45) is 0 Å². The van der Waals surface area contributed by atoms with Crippen molar-refractivity contribution in [2.45, 2.75) is 31.8 Å². The number of carboxylic acids is 1. The molecule has 0 aromatic heterocycles. The Morgan fingerprint density at radius 3 is 1.79 bits per heavy atom. The summed E-state index contributed by atoms with van der Waals surface area (Å²) in [5.41, 5.74) is 3.99. The normalized spacial score (nSPS) is 11.3. The van der Waals surface area contributed by atoms with Gasteiger partial charge < -0.3 is 14.6 Å². The lowest BCUT2D eigenvalue weighted by atomic mass is 9.75. The summed E-state index contributed by atoms with van der Waals surface area (Å²) in [5, 5.41) is 9.03. The van der Waals surface area contributed by atoms with E-state index in [9.17, 15) is 4.79 Å². The first-order valence-electron chi connectivity index (χ1n) is 13.0. The maximum atomic E-state index is 11.0. The molecule has 0 saturated carbocycles. The lowest BCUT2D eigenvalue weighted by Gasteiger charge is -2.45. The van der Waals surface area contributed by atoms with Crippen LogP contribution in [0.25, 0.3) is 0 Å². The smallest absolute Gasteiger partial charge is 0.303 e. The third kappa shape index (κ3) is 5.90. The van der Waals surface area contributed by atoms with E-state index in [1.54, 1.807) is 7.11 Å². The molecule has 1 N–H and O–H groups in total. The van der Waals surface area contributed by atoms with Crippen molar-refractivity contribution in [3.05, 3.63) is 131 Å². The molecular weight excluding hydrogens is 474 g/mol. The first-order valence-corrected chi connectivity index (χ1v) is 13.0. The molecule has 0 saturated heterocycles. The van der Waals surface area contributed by atoms with Crippen LogP contribution in [-0.2, 0) is 16.9 Å². The predicted octanol–water partition coefficient (Wildman–Crippen LogP) is 6.75. The summed E-state index contributed by atoms with van der Waals surface area (Å²) in [6.45, 7) is 3.87. The lowest BCUT2D eigenvalue weighted by molar-refractivity contribution is -0.137. The van der Waals surface area contributed by atoms with E-state index in [1.807, 2.05) is 36.4 Å². The van der Waals surface area contributed by atoms with E-state index in [-0.39, 0.29) is 6.42 Å². The zero-order chi connectivity index (χ0) is 26.8. The highest BCUT2D eigenvalue weighted by Crippen LogP contribution is 2.43. The first kappa shape index (κ1) is 27.0. The molecule has 5 heteroatoms. The van der Waals surface area contributed by atoms with Gasteiger partial charge >= 0.3 is 5.97 Å². The zero-order valence-electron chi connectivity index (χ0n) is 22.0. The van der Waals surface area contributed by atoms with Gasteiger partial charge in [0.05, 0.1) is 19.3 Å². The average molecular weight is 510 g/mol. The Balaban J connectivity index is 1.83. The summed E-state index contributed by atoms with van der Waals surface area (Å²) in [6.07, 6.45) is 0.505. The summed E-state index contributed by atoms with van der Waals surface area (Å²) in [6, 6.07) is 37.7. The van der Waals surface area contributed by atoms with Crippen molar-refractivity contribution < 1.29 is 19.4 Å². The minimum Gasteiger partial charge on any atom is -0.497 e. The van der Waals surface area contributed by atoms with E-state index in [0.717, 1.165) is 12.1 Å². The van der Waals surface area contributed by atoms with Gasteiger partial charge in [-0.15, -0.1) is 0 Å². The molecular formula is C33H35NO4. The van der Waals surface area contributed by atoms with Crippen molar-refractivity contribution >= 4 is 5.97 Å². The van der Waals surface area contributed by atoms with Crippen LogP contribution < -0.4 is 9.47 Å². The van der Waals surface area contributed by atoms with E-state index in [4.69, 9.17) is 14.6 Å². The molecule has 0 radical (unpaired) electrons. The van der Waals surface area contributed by atoms with Crippen LogP contribution in [0.1, 0.15) is 42.0 Å². The fourth-order valence-corrected chi connectivity index (χ4v) is 5.09. The Hall–Kier alpha value is -4.09. The summed E-state index contributed by atoms with van der Waals surface area (Å²) >= 11 is 0. The zero-order valence-corrected chi connectivity index (χ0v) is 22.0. The Morgan fingerprint density at radius 2 is 1.34 bits per heavy atom. The molecule has 4 aromatic rings. The number of rotatable bonds is 13. The Labute approximate surface area is 225 Å². The molecule has 0 amide bonds. The van der Waals surface area contributed by atoms with Crippen molar-refractivity contribution in [1.29, 1.82) is 0 Å². The van der Waals surface area contributed by atoms with E-state index in [2.05, 4.69) is 84.6 Å². The van der Waals surface area contributed by atoms with Gasteiger partial charge in [0, 0.05) is 24.6 Å². The average Bonchev–Trinajstić information content (AvgIpc) is 2.97. The minimum absolute atomic E-state index is 0.0690. The Bertz CT molecular complexity index is 1200. The van der Waals surface area contributed by atoms with Gasteiger partial charge in [0.15, 0.2) is 0 Å². The topological polar surface area (TPSA) is 59.0 Å². The van der Waals surface area contributed by atoms with Crippen molar-refractivity contribution in [2.75, 3.05) is 20.3 Å². The number of ether oxygens (including phenoxy) is 2. The molecule has 5 nitrogen and oxygen atoms in total. The van der Waals surface area contributed by atoms with Crippen LogP contribution in [0.5, 0.6) is 11.5 Å². The summed E-state index contributed by atoms with van der Waals surface area (Å²) in [4.78, 5) is 13.5. The maximum absolute atomic E-state index is 11.0. The maximum Gasteiger partial charge on any atom is 0.303 e. The predicted molar refractivity (Wildman–Crippen MR) is 151 cm³/mol. The number of methoxy groups -OCH3 is 1. The van der Waals surface area contributed by atoms with Crippen LogP contribution in [0.3, 0.4) is 0 Å². The molecule has 0 unspecified atom stereocenters. The highest BCUT2D eigenvalue weighted by atomic mass is 16.5. The molecule has 0 bridgehead atoms. The Kier molecular flexibility index (Phi) is 9.17. The van der Waals surface area contributed by atoms with Gasteiger partial charge in [0.1, 0.15) is 11.5 Å². The van der Waals surface area contributed by atoms with Crippen LogP contribution in [0.4, 0.5) is 0 Å². The fraction of sp³-hybridized carbons (Fsp3) is 0.242. The van der Waals surface area contributed by atoms with Crippen molar-refractivity contribution in [3.63, 3.8) is 0 Å². The SMILES string of the molecule is CCN(Cc1ccc(OC)cc1OCCCC(=O)O)C(c1ccccc1)(c1ccccc1)c1ccccc1. The highest BCUT2D eigenvalue weighted by molar-refractivity contribution is 5.66. The van der Waals surface area contributed by atoms with Gasteiger partial charge in [-0.05, 0) is 35.7 Å². The Morgan fingerprint density at radius 1 is 0.816 bits per heavy atom. The third-order valence-corrected chi connectivity index (χ3v) is 6.86. The number of carbonyl (C=O) groups is 1. The lowest BCUT2D eigenvalue weighted by Crippen LogP contribution is -2.47.